The number of carbonyl (C=O) groups excluding carboxylic acids is 1. The van der Waals surface area contributed by atoms with E-state index in [0.29, 0.717) is 24.2 Å². The normalized spacial score (nSPS) is 23.7. The van der Waals surface area contributed by atoms with Gasteiger partial charge in [0.05, 0.1) is 0 Å². The molecule has 1 aliphatic rings. The Hall–Kier alpha value is -0.570. The van der Waals surface area contributed by atoms with Gasteiger partial charge in [-0.3, -0.25) is 4.79 Å². The Morgan fingerprint density at radius 3 is 2.58 bits per heavy atom. The molecule has 0 bridgehead atoms. The van der Waals surface area contributed by atoms with Crippen LogP contribution in [-0.4, -0.2) is 25.5 Å². The molecule has 1 saturated heterocycles. The molecule has 0 saturated carbocycles. The first-order valence-electron chi connectivity index (χ1n) is 7.78. The van der Waals surface area contributed by atoms with Crippen LogP contribution < -0.4 is 10.6 Å². The molecule has 1 heterocycles. The third-order valence-electron chi connectivity index (χ3n) is 4.73. The molecule has 3 heteroatoms. The van der Waals surface area contributed by atoms with Gasteiger partial charge in [0.1, 0.15) is 0 Å². The Labute approximate surface area is 118 Å². The lowest BCUT2D eigenvalue weighted by molar-refractivity contribution is -0.122. The van der Waals surface area contributed by atoms with Gasteiger partial charge in [-0.15, -0.1) is 0 Å². The summed E-state index contributed by atoms with van der Waals surface area (Å²) >= 11 is 0. The summed E-state index contributed by atoms with van der Waals surface area (Å²) in [7, 11) is 0. The number of hydrogen-bond donors (Lipinski definition) is 2. The van der Waals surface area contributed by atoms with Crippen LogP contribution in [0.3, 0.4) is 0 Å². The molecule has 2 N–H and O–H groups in total. The van der Waals surface area contributed by atoms with Crippen LogP contribution in [0.2, 0.25) is 0 Å². The van der Waals surface area contributed by atoms with E-state index in [1.165, 1.54) is 12.8 Å². The summed E-state index contributed by atoms with van der Waals surface area (Å²) in [6.07, 6.45) is 3.18. The number of carbonyl (C=O) groups is 1. The van der Waals surface area contributed by atoms with E-state index < -0.39 is 0 Å². The Morgan fingerprint density at radius 2 is 2.05 bits per heavy atom. The van der Waals surface area contributed by atoms with Crippen LogP contribution in [0.5, 0.6) is 0 Å². The van der Waals surface area contributed by atoms with Crippen molar-refractivity contribution in [3.8, 4) is 0 Å². The van der Waals surface area contributed by atoms with E-state index in [1.807, 2.05) is 0 Å². The largest absolute Gasteiger partial charge is 0.356 e. The summed E-state index contributed by atoms with van der Waals surface area (Å²) in [6, 6.07) is 0. The van der Waals surface area contributed by atoms with Gasteiger partial charge in [0, 0.05) is 13.0 Å². The van der Waals surface area contributed by atoms with Crippen molar-refractivity contribution < 1.29 is 4.79 Å². The van der Waals surface area contributed by atoms with E-state index in [4.69, 9.17) is 0 Å². The van der Waals surface area contributed by atoms with Crippen LogP contribution in [0, 0.1) is 23.2 Å². The highest BCUT2D eigenvalue weighted by molar-refractivity contribution is 5.76. The minimum absolute atomic E-state index is 0.217. The predicted octanol–water partition coefficient (Wildman–Crippen LogP) is 2.81. The van der Waals surface area contributed by atoms with E-state index >= 15 is 0 Å². The van der Waals surface area contributed by atoms with E-state index in [-0.39, 0.29) is 11.3 Å². The zero-order valence-electron chi connectivity index (χ0n) is 13.4. The smallest absolute Gasteiger partial charge is 0.220 e. The molecule has 0 aliphatic carbocycles. The lowest BCUT2D eigenvalue weighted by atomic mass is 9.82. The Kier molecular flexibility index (Phi) is 6.31. The Bertz CT molecular complexity index is 277. The van der Waals surface area contributed by atoms with Gasteiger partial charge in [-0.1, -0.05) is 34.6 Å². The Morgan fingerprint density at radius 1 is 1.37 bits per heavy atom. The molecule has 1 aliphatic heterocycles. The minimum atomic E-state index is 0.217. The van der Waals surface area contributed by atoms with Gasteiger partial charge < -0.3 is 10.6 Å². The van der Waals surface area contributed by atoms with Crippen LogP contribution in [0.15, 0.2) is 0 Å². The Balaban J connectivity index is 2.26. The fourth-order valence-electron chi connectivity index (χ4n) is 2.47. The second-order valence-corrected chi connectivity index (χ2v) is 7.36. The van der Waals surface area contributed by atoms with Gasteiger partial charge in [0.15, 0.2) is 0 Å². The number of amides is 1. The summed E-state index contributed by atoms with van der Waals surface area (Å²) in [6.45, 7) is 14.1. The van der Waals surface area contributed by atoms with Crippen molar-refractivity contribution in [2.24, 2.45) is 23.2 Å². The first kappa shape index (κ1) is 16.5. The van der Waals surface area contributed by atoms with Crippen LogP contribution in [0.25, 0.3) is 0 Å². The first-order chi connectivity index (χ1) is 8.80. The molecule has 112 valence electrons. The third-order valence-corrected chi connectivity index (χ3v) is 4.73. The van der Waals surface area contributed by atoms with E-state index in [2.05, 4.69) is 45.3 Å². The third kappa shape index (κ3) is 5.94. The molecule has 0 aromatic heterocycles. The van der Waals surface area contributed by atoms with Gasteiger partial charge >= 0.3 is 0 Å². The first-order valence-corrected chi connectivity index (χ1v) is 7.78. The summed E-state index contributed by atoms with van der Waals surface area (Å²) in [5.74, 6) is 1.87. The van der Waals surface area contributed by atoms with Crippen molar-refractivity contribution in [2.75, 3.05) is 19.6 Å². The summed E-state index contributed by atoms with van der Waals surface area (Å²) < 4.78 is 0. The number of rotatable bonds is 5. The number of hydrogen-bond acceptors (Lipinski definition) is 2. The topological polar surface area (TPSA) is 41.1 Å². The van der Waals surface area contributed by atoms with Crippen molar-refractivity contribution in [1.82, 2.24) is 10.6 Å². The molecule has 1 rings (SSSR count). The highest BCUT2D eigenvalue weighted by Crippen LogP contribution is 2.25. The molecule has 0 radical (unpaired) electrons. The van der Waals surface area contributed by atoms with Crippen LogP contribution in [-0.2, 0) is 4.79 Å². The average molecular weight is 268 g/mol. The second-order valence-electron chi connectivity index (χ2n) is 7.36. The molecular weight excluding hydrogens is 236 g/mol. The maximum atomic E-state index is 12.0. The zero-order chi connectivity index (χ0) is 14.5. The van der Waals surface area contributed by atoms with E-state index in [1.54, 1.807) is 0 Å². The summed E-state index contributed by atoms with van der Waals surface area (Å²) in [5, 5.41) is 6.53. The van der Waals surface area contributed by atoms with Gasteiger partial charge in [-0.05, 0) is 49.1 Å². The van der Waals surface area contributed by atoms with E-state index in [0.717, 1.165) is 19.6 Å². The van der Waals surface area contributed by atoms with Crippen LogP contribution >= 0.6 is 0 Å². The van der Waals surface area contributed by atoms with Crippen molar-refractivity contribution >= 4 is 5.91 Å². The molecule has 19 heavy (non-hydrogen) atoms. The standard InChI is InChI=1S/C16H32N2O/c1-12(14-7-6-8-17-11-14)9-15(19)18-10-13(2)16(3,4)5/h12-14,17H,6-11H2,1-5H3,(H,18,19). The quantitative estimate of drug-likeness (QED) is 0.805. The lowest BCUT2D eigenvalue weighted by Gasteiger charge is -2.29. The highest BCUT2D eigenvalue weighted by Gasteiger charge is 2.23. The van der Waals surface area contributed by atoms with Crippen LogP contribution in [0.1, 0.15) is 53.9 Å². The summed E-state index contributed by atoms with van der Waals surface area (Å²) in [4.78, 5) is 12.0. The fraction of sp³-hybridized carbons (Fsp3) is 0.938. The maximum Gasteiger partial charge on any atom is 0.220 e. The SMILES string of the molecule is CC(CC(=O)NCC(C)C(C)(C)C)C1CCCNC1. The van der Waals surface area contributed by atoms with E-state index in [9.17, 15) is 4.79 Å². The van der Waals surface area contributed by atoms with Crippen molar-refractivity contribution in [3.63, 3.8) is 0 Å². The van der Waals surface area contributed by atoms with Gasteiger partial charge in [-0.25, -0.2) is 0 Å². The zero-order valence-corrected chi connectivity index (χ0v) is 13.4. The molecular formula is C16H32N2O. The molecule has 3 unspecified atom stereocenters. The molecule has 1 amide bonds. The monoisotopic (exact) mass is 268 g/mol. The second kappa shape index (κ2) is 7.28. The molecule has 0 aromatic rings. The van der Waals surface area contributed by atoms with Gasteiger partial charge in [0.25, 0.3) is 0 Å². The molecule has 1 fully saturated rings. The average Bonchev–Trinajstić information content (AvgIpc) is 2.35. The van der Waals surface area contributed by atoms with Crippen LogP contribution in [0.4, 0.5) is 0 Å². The van der Waals surface area contributed by atoms with Crippen molar-refractivity contribution in [3.05, 3.63) is 0 Å². The summed E-state index contributed by atoms with van der Waals surface area (Å²) in [5.41, 5.74) is 0.256. The highest BCUT2D eigenvalue weighted by atomic mass is 16.1. The van der Waals surface area contributed by atoms with Gasteiger partial charge in [-0.2, -0.15) is 0 Å². The van der Waals surface area contributed by atoms with Gasteiger partial charge in [0.2, 0.25) is 5.91 Å². The molecule has 3 nitrogen and oxygen atoms in total. The minimum Gasteiger partial charge on any atom is -0.356 e. The number of nitrogens with one attached hydrogen (secondary N) is 2. The predicted molar refractivity (Wildman–Crippen MR) is 81.0 cm³/mol. The molecule has 0 spiro atoms. The maximum absolute atomic E-state index is 12.0. The fourth-order valence-corrected chi connectivity index (χ4v) is 2.47. The molecule has 0 aromatic carbocycles. The van der Waals surface area contributed by atoms with Crippen molar-refractivity contribution in [2.45, 2.75) is 53.9 Å². The lowest BCUT2D eigenvalue weighted by Crippen LogP contribution is -2.37. The van der Waals surface area contributed by atoms with Crippen molar-refractivity contribution in [1.29, 1.82) is 0 Å². The molecule has 3 atom stereocenters. The number of piperidine rings is 1.